The third-order valence-electron chi connectivity index (χ3n) is 2.50. The maximum Gasteiger partial charge on any atom is 0.282 e. The molecule has 18 heavy (non-hydrogen) atoms. The van der Waals surface area contributed by atoms with Crippen molar-refractivity contribution in [3.8, 4) is 0 Å². The van der Waals surface area contributed by atoms with Gasteiger partial charge in [-0.15, -0.1) is 0 Å². The van der Waals surface area contributed by atoms with Crippen molar-refractivity contribution in [2.24, 2.45) is 5.84 Å². The Kier molecular flexibility index (Phi) is 4.61. The number of hydrogen-bond donors (Lipinski definition) is 2. The van der Waals surface area contributed by atoms with Gasteiger partial charge in [-0.2, -0.15) is 0 Å². The predicted molar refractivity (Wildman–Crippen MR) is 68.2 cm³/mol. The number of nitrogen functional groups attached to an aromatic ring is 1. The van der Waals surface area contributed by atoms with E-state index < -0.39 is 4.92 Å². The van der Waals surface area contributed by atoms with Crippen LogP contribution < -0.4 is 11.3 Å². The monoisotopic (exact) mass is 252 g/mol. The zero-order chi connectivity index (χ0) is 13.7. The van der Waals surface area contributed by atoms with E-state index in [1.54, 1.807) is 7.05 Å². The van der Waals surface area contributed by atoms with Gasteiger partial charge in [0.1, 0.15) is 5.56 Å². The Bertz CT molecular complexity index is 462. The largest absolute Gasteiger partial charge is 0.341 e. The third kappa shape index (κ3) is 2.95. The van der Waals surface area contributed by atoms with Crippen LogP contribution in [0.5, 0.6) is 0 Å². The number of nitro groups is 1. The lowest BCUT2D eigenvalue weighted by molar-refractivity contribution is -0.385. The lowest BCUT2D eigenvalue weighted by Crippen LogP contribution is -2.28. The number of anilines is 1. The van der Waals surface area contributed by atoms with Gasteiger partial charge in [0.05, 0.1) is 4.92 Å². The molecule has 0 saturated carbocycles. The van der Waals surface area contributed by atoms with Crippen molar-refractivity contribution < 1.29 is 9.72 Å². The second-order valence-corrected chi connectivity index (χ2v) is 3.86. The topological polar surface area (TPSA) is 102 Å². The number of nitrogens with one attached hydrogen (secondary N) is 1. The van der Waals surface area contributed by atoms with Crippen LogP contribution in [0.3, 0.4) is 0 Å². The molecule has 1 rings (SSSR count). The number of rotatable bonds is 5. The Morgan fingerprint density at radius 1 is 1.56 bits per heavy atom. The molecule has 1 aromatic rings. The van der Waals surface area contributed by atoms with Gasteiger partial charge in [-0.25, -0.2) is 0 Å². The summed E-state index contributed by atoms with van der Waals surface area (Å²) in [6.45, 7) is 2.46. The molecule has 0 atom stereocenters. The van der Waals surface area contributed by atoms with E-state index in [0.717, 1.165) is 6.42 Å². The lowest BCUT2D eigenvalue weighted by atomic mass is 10.1. The Balaban J connectivity index is 3.18. The maximum absolute atomic E-state index is 12.1. The summed E-state index contributed by atoms with van der Waals surface area (Å²) in [6.07, 6.45) is 0.783. The molecule has 98 valence electrons. The first-order valence-corrected chi connectivity index (χ1v) is 5.51. The minimum Gasteiger partial charge on any atom is -0.341 e. The van der Waals surface area contributed by atoms with Crippen LogP contribution in [0, 0.1) is 10.1 Å². The normalized spacial score (nSPS) is 9.94. The average Bonchev–Trinajstić information content (AvgIpc) is 2.37. The van der Waals surface area contributed by atoms with Crippen molar-refractivity contribution in [1.82, 2.24) is 4.90 Å². The number of hydrazine groups is 1. The number of benzene rings is 1. The van der Waals surface area contributed by atoms with Gasteiger partial charge < -0.3 is 10.3 Å². The second-order valence-electron chi connectivity index (χ2n) is 3.86. The summed E-state index contributed by atoms with van der Waals surface area (Å²) in [7, 11) is 1.61. The van der Waals surface area contributed by atoms with Crippen molar-refractivity contribution in [3.63, 3.8) is 0 Å². The number of nitro benzene ring substituents is 1. The van der Waals surface area contributed by atoms with Gasteiger partial charge >= 0.3 is 0 Å². The highest BCUT2D eigenvalue weighted by molar-refractivity contribution is 5.99. The number of nitrogens with zero attached hydrogens (tertiary/aromatic N) is 2. The number of hydrogen-bond acceptors (Lipinski definition) is 5. The molecule has 1 amide bonds. The zero-order valence-electron chi connectivity index (χ0n) is 10.3. The van der Waals surface area contributed by atoms with Gasteiger partial charge in [0.25, 0.3) is 11.6 Å². The molecule has 3 N–H and O–H groups in total. The Morgan fingerprint density at radius 3 is 2.72 bits per heavy atom. The summed E-state index contributed by atoms with van der Waals surface area (Å²) in [4.78, 5) is 23.8. The van der Waals surface area contributed by atoms with Crippen LogP contribution in [0.15, 0.2) is 18.2 Å². The fourth-order valence-electron chi connectivity index (χ4n) is 1.60. The van der Waals surface area contributed by atoms with Crippen LogP contribution in [0.1, 0.15) is 23.7 Å². The quantitative estimate of drug-likeness (QED) is 0.468. The molecular weight excluding hydrogens is 236 g/mol. The highest BCUT2D eigenvalue weighted by Crippen LogP contribution is 2.23. The van der Waals surface area contributed by atoms with Crippen LogP contribution in [-0.2, 0) is 0 Å². The molecule has 0 spiro atoms. The number of amides is 1. The van der Waals surface area contributed by atoms with E-state index in [1.165, 1.54) is 23.1 Å². The van der Waals surface area contributed by atoms with Crippen LogP contribution in [0.4, 0.5) is 11.4 Å². The van der Waals surface area contributed by atoms with E-state index in [2.05, 4.69) is 5.43 Å². The van der Waals surface area contributed by atoms with E-state index in [9.17, 15) is 14.9 Å². The lowest BCUT2D eigenvalue weighted by Gasteiger charge is -2.16. The first-order valence-electron chi connectivity index (χ1n) is 5.51. The molecule has 0 aromatic heterocycles. The third-order valence-corrected chi connectivity index (χ3v) is 2.50. The second kappa shape index (κ2) is 5.97. The van der Waals surface area contributed by atoms with Gasteiger partial charge in [0.15, 0.2) is 0 Å². The van der Waals surface area contributed by atoms with Crippen LogP contribution in [0.2, 0.25) is 0 Å². The zero-order valence-corrected chi connectivity index (χ0v) is 10.3. The molecule has 0 aliphatic heterocycles. The van der Waals surface area contributed by atoms with Gasteiger partial charge in [0, 0.05) is 25.3 Å². The molecule has 0 radical (unpaired) electrons. The highest BCUT2D eigenvalue weighted by atomic mass is 16.6. The molecular formula is C11H16N4O3. The van der Waals surface area contributed by atoms with E-state index in [0.29, 0.717) is 12.2 Å². The van der Waals surface area contributed by atoms with Gasteiger partial charge in [0.2, 0.25) is 0 Å². The molecule has 0 unspecified atom stereocenters. The van der Waals surface area contributed by atoms with E-state index in [1.807, 2.05) is 6.92 Å². The van der Waals surface area contributed by atoms with Crippen molar-refractivity contribution in [2.75, 3.05) is 19.0 Å². The minimum absolute atomic E-state index is 0.0337. The van der Waals surface area contributed by atoms with E-state index in [4.69, 9.17) is 5.84 Å². The summed E-state index contributed by atoms with van der Waals surface area (Å²) >= 11 is 0. The fourth-order valence-corrected chi connectivity index (χ4v) is 1.60. The van der Waals surface area contributed by atoms with Gasteiger partial charge in [-0.3, -0.25) is 20.8 Å². The first-order chi connectivity index (χ1) is 8.51. The van der Waals surface area contributed by atoms with Crippen molar-refractivity contribution in [2.45, 2.75) is 13.3 Å². The standard InChI is InChI=1S/C11H16N4O3/c1-3-6-14(2)11(16)9-7-8(13-12)4-5-10(9)15(17)18/h4-5,7,13H,3,6,12H2,1-2H3. The molecule has 0 bridgehead atoms. The van der Waals surface area contributed by atoms with Crippen LogP contribution in [-0.4, -0.2) is 29.3 Å². The highest BCUT2D eigenvalue weighted by Gasteiger charge is 2.22. The minimum atomic E-state index is -0.576. The molecule has 0 aliphatic carbocycles. The Labute approximate surface area is 105 Å². The van der Waals surface area contributed by atoms with Crippen molar-refractivity contribution >= 4 is 17.3 Å². The molecule has 0 saturated heterocycles. The van der Waals surface area contributed by atoms with Gasteiger partial charge in [-0.05, 0) is 18.6 Å². The fraction of sp³-hybridized carbons (Fsp3) is 0.364. The van der Waals surface area contributed by atoms with Crippen LogP contribution >= 0.6 is 0 Å². The Hall–Kier alpha value is -2.15. The number of nitrogens with two attached hydrogens (primary N) is 1. The first kappa shape index (κ1) is 13.9. The summed E-state index contributed by atoms with van der Waals surface area (Å²) in [5.74, 6) is 4.85. The summed E-state index contributed by atoms with van der Waals surface area (Å²) in [5.41, 5.74) is 2.63. The molecule has 0 fully saturated rings. The van der Waals surface area contributed by atoms with Crippen molar-refractivity contribution in [1.29, 1.82) is 0 Å². The molecule has 7 nitrogen and oxygen atoms in total. The number of carbonyl (C=O) groups is 1. The summed E-state index contributed by atoms with van der Waals surface area (Å²) in [6, 6.07) is 4.10. The molecule has 0 heterocycles. The maximum atomic E-state index is 12.1. The summed E-state index contributed by atoms with van der Waals surface area (Å²) < 4.78 is 0. The number of carbonyl (C=O) groups excluding carboxylic acids is 1. The van der Waals surface area contributed by atoms with E-state index in [-0.39, 0.29) is 17.2 Å². The molecule has 0 aliphatic rings. The molecule has 1 aromatic carbocycles. The van der Waals surface area contributed by atoms with E-state index >= 15 is 0 Å². The smallest absolute Gasteiger partial charge is 0.282 e. The summed E-state index contributed by atoms with van der Waals surface area (Å²) in [5, 5.41) is 10.9. The average molecular weight is 252 g/mol. The Morgan fingerprint density at radius 2 is 2.22 bits per heavy atom. The SMILES string of the molecule is CCCN(C)C(=O)c1cc(NN)ccc1[N+](=O)[O-]. The predicted octanol–water partition coefficient (Wildman–Crippen LogP) is 1.36. The molecule has 7 heteroatoms. The van der Waals surface area contributed by atoms with Gasteiger partial charge in [-0.1, -0.05) is 6.92 Å². The van der Waals surface area contributed by atoms with Crippen LogP contribution in [0.25, 0.3) is 0 Å². The van der Waals surface area contributed by atoms with Crippen molar-refractivity contribution in [3.05, 3.63) is 33.9 Å².